The molecule has 15 heteroatoms. The zero-order valence-electron chi connectivity index (χ0n) is 13.9. The highest BCUT2D eigenvalue weighted by molar-refractivity contribution is 7.88. The maximum absolute atomic E-state index is 13.7. The van der Waals surface area contributed by atoms with Crippen LogP contribution in [0, 0.1) is 0 Å². The van der Waals surface area contributed by atoms with Gasteiger partial charge in [0.2, 0.25) is 0 Å². The molecule has 1 rings (SSSR count). The third-order valence-electron chi connectivity index (χ3n) is 3.58. The van der Waals surface area contributed by atoms with Gasteiger partial charge >= 0.3 is 39.4 Å². The molecule has 0 atom stereocenters. The Balaban J connectivity index is 3.38. The van der Waals surface area contributed by atoms with E-state index < -0.39 is 57.1 Å². The molecule has 0 fully saturated rings. The normalized spacial score (nSPS) is 17.5. The van der Waals surface area contributed by atoms with E-state index in [1.807, 2.05) is 0 Å². The monoisotopic (exact) mass is 452 g/mol. The summed E-state index contributed by atoms with van der Waals surface area (Å²) in [6.45, 7) is 1.08. The van der Waals surface area contributed by atoms with Gasteiger partial charge in [-0.1, -0.05) is 0 Å². The second-order valence-electron chi connectivity index (χ2n) is 5.53. The molecule has 0 saturated carbocycles. The van der Waals surface area contributed by atoms with Crippen LogP contribution in [0.5, 0.6) is 0 Å². The predicted molar refractivity (Wildman–Crippen MR) is 73.0 cm³/mol. The number of ether oxygens (including phenoxy) is 1. The Morgan fingerprint density at radius 2 is 1.43 bits per heavy atom. The number of halogens is 9. The minimum Gasteiger partial charge on any atom is -0.463 e. The molecule has 0 amide bonds. The van der Waals surface area contributed by atoms with Gasteiger partial charge in [0.05, 0.1) is 12.2 Å². The molecule has 5 nitrogen and oxygen atoms in total. The average molecular weight is 452 g/mol. The van der Waals surface area contributed by atoms with E-state index in [1.54, 1.807) is 0 Å². The Hall–Kier alpha value is -1.67. The summed E-state index contributed by atoms with van der Waals surface area (Å²) in [6.07, 6.45) is -7.75. The standard InChI is InChI=1S/C13H13F9O5S/c1-2-26-9(23)7-5-3-4-6-8(7)27-28(24,25)13(21,22)11(16,17)10(14,15)12(18,19)20/h2-6H2,1H3. The zero-order chi connectivity index (χ0) is 22.2. The van der Waals surface area contributed by atoms with Gasteiger partial charge < -0.3 is 8.92 Å². The van der Waals surface area contributed by atoms with E-state index in [2.05, 4.69) is 8.92 Å². The first kappa shape index (κ1) is 24.4. The molecule has 0 saturated heterocycles. The molecule has 0 aromatic rings. The van der Waals surface area contributed by atoms with Crippen LogP contribution in [0.2, 0.25) is 0 Å². The van der Waals surface area contributed by atoms with Crippen LogP contribution >= 0.6 is 0 Å². The molecule has 0 unspecified atom stereocenters. The third kappa shape index (κ3) is 4.03. The van der Waals surface area contributed by atoms with Crippen LogP contribution in [-0.4, -0.2) is 44.3 Å². The summed E-state index contributed by atoms with van der Waals surface area (Å²) in [5.74, 6) is -17.1. The summed E-state index contributed by atoms with van der Waals surface area (Å²) in [4.78, 5) is 11.7. The van der Waals surface area contributed by atoms with E-state index in [0.29, 0.717) is 0 Å². The molecule has 0 aromatic carbocycles. The Labute approximate surface area is 152 Å². The number of hydrogen-bond donors (Lipinski definition) is 0. The number of allylic oxidation sites excluding steroid dienone is 1. The highest BCUT2D eigenvalue weighted by atomic mass is 32.2. The highest BCUT2D eigenvalue weighted by Crippen LogP contribution is 2.55. The molecule has 1 aliphatic rings. The number of esters is 1. The van der Waals surface area contributed by atoms with Gasteiger partial charge in [-0.2, -0.15) is 47.9 Å². The van der Waals surface area contributed by atoms with Gasteiger partial charge in [0.1, 0.15) is 5.76 Å². The van der Waals surface area contributed by atoms with Gasteiger partial charge in [0.25, 0.3) is 0 Å². The largest absolute Gasteiger partial charge is 0.463 e. The topological polar surface area (TPSA) is 69.7 Å². The van der Waals surface area contributed by atoms with Crippen molar-refractivity contribution in [3.05, 3.63) is 11.3 Å². The van der Waals surface area contributed by atoms with Crippen molar-refractivity contribution >= 4 is 16.1 Å². The Morgan fingerprint density at radius 1 is 0.929 bits per heavy atom. The second kappa shape index (κ2) is 7.63. The molecule has 0 spiro atoms. The minimum absolute atomic E-state index is 0.0361. The van der Waals surface area contributed by atoms with Gasteiger partial charge in [0.15, 0.2) is 0 Å². The van der Waals surface area contributed by atoms with E-state index >= 15 is 0 Å². The first-order valence-electron chi connectivity index (χ1n) is 7.47. The van der Waals surface area contributed by atoms with Gasteiger partial charge in [0, 0.05) is 6.42 Å². The lowest BCUT2D eigenvalue weighted by Gasteiger charge is -2.33. The lowest BCUT2D eigenvalue weighted by atomic mass is 9.98. The summed E-state index contributed by atoms with van der Waals surface area (Å²) in [6, 6.07) is 0. The molecule has 28 heavy (non-hydrogen) atoms. The van der Waals surface area contributed by atoms with Crippen molar-refractivity contribution in [3.63, 3.8) is 0 Å². The number of alkyl halides is 9. The van der Waals surface area contributed by atoms with Gasteiger partial charge in [-0.05, 0) is 26.2 Å². The Morgan fingerprint density at radius 3 is 1.89 bits per heavy atom. The first-order valence-corrected chi connectivity index (χ1v) is 8.88. The van der Waals surface area contributed by atoms with E-state index in [9.17, 15) is 52.7 Å². The summed E-state index contributed by atoms with van der Waals surface area (Å²) >= 11 is 0. The lowest BCUT2D eigenvalue weighted by molar-refractivity contribution is -0.382. The van der Waals surface area contributed by atoms with Crippen molar-refractivity contribution in [2.45, 2.75) is 55.9 Å². The van der Waals surface area contributed by atoms with Crippen LogP contribution in [0.15, 0.2) is 11.3 Å². The van der Waals surface area contributed by atoms with Crippen LogP contribution in [0.25, 0.3) is 0 Å². The van der Waals surface area contributed by atoms with E-state index in [1.165, 1.54) is 6.92 Å². The fraction of sp³-hybridized carbons (Fsp3) is 0.769. The quantitative estimate of drug-likeness (QED) is 0.330. The van der Waals surface area contributed by atoms with Crippen molar-refractivity contribution in [1.82, 2.24) is 0 Å². The molecular weight excluding hydrogens is 439 g/mol. The number of hydrogen-bond acceptors (Lipinski definition) is 5. The van der Waals surface area contributed by atoms with Crippen LogP contribution in [-0.2, 0) is 23.8 Å². The first-order chi connectivity index (χ1) is 12.4. The molecule has 0 bridgehead atoms. The van der Waals surface area contributed by atoms with Crippen molar-refractivity contribution < 1.29 is 61.6 Å². The molecule has 0 N–H and O–H groups in total. The van der Waals surface area contributed by atoms with E-state index in [4.69, 9.17) is 0 Å². The minimum atomic E-state index is -7.41. The molecule has 0 radical (unpaired) electrons. The van der Waals surface area contributed by atoms with Gasteiger partial charge in [-0.25, -0.2) is 4.79 Å². The fourth-order valence-electron chi connectivity index (χ4n) is 2.11. The summed E-state index contributed by atoms with van der Waals surface area (Å²) in [5.41, 5.74) is -0.627. The van der Waals surface area contributed by atoms with E-state index in [-0.39, 0.29) is 25.9 Å². The summed E-state index contributed by atoms with van der Waals surface area (Å²) in [7, 11) is -7.07. The smallest absolute Gasteiger partial charge is 0.460 e. The molecule has 0 aliphatic heterocycles. The van der Waals surface area contributed by atoms with Crippen LogP contribution in [0.1, 0.15) is 32.6 Å². The van der Waals surface area contributed by atoms with Crippen molar-refractivity contribution in [3.8, 4) is 0 Å². The maximum atomic E-state index is 13.7. The lowest BCUT2D eigenvalue weighted by Crippen LogP contribution is -2.63. The van der Waals surface area contributed by atoms with Crippen molar-refractivity contribution in [1.29, 1.82) is 0 Å². The zero-order valence-corrected chi connectivity index (χ0v) is 14.7. The van der Waals surface area contributed by atoms with Crippen molar-refractivity contribution in [2.24, 2.45) is 0 Å². The maximum Gasteiger partial charge on any atom is 0.460 e. The van der Waals surface area contributed by atoms with Crippen LogP contribution in [0.3, 0.4) is 0 Å². The predicted octanol–water partition coefficient (Wildman–Crippen LogP) is 4.15. The molecule has 1 aliphatic carbocycles. The second-order valence-corrected chi connectivity index (χ2v) is 7.12. The summed E-state index contributed by atoms with van der Waals surface area (Å²) in [5, 5.41) is -6.98. The number of carbonyl (C=O) groups is 1. The number of rotatable bonds is 7. The molecule has 0 aromatic heterocycles. The summed E-state index contributed by atoms with van der Waals surface area (Å²) < 4.78 is 147. The molecule has 164 valence electrons. The van der Waals surface area contributed by atoms with Gasteiger partial charge in [-0.3, -0.25) is 0 Å². The Bertz CT molecular complexity index is 740. The SMILES string of the molecule is CCOC(=O)C1=C(OS(=O)(=O)C(F)(F)C(F)(F)C(F)(F)C(F)(F)F)CCCC1. The number of carbonyl (C=O) groups excluding carboxylic acids is 1. The third-order valence-corrected chi connectivity index (χ3v) is 4.88. The fourth-order valence-corrected chi connectivity index (χ4v) is 3.10. The van der Waals surface area contributed by atoms with Crippen molar-refractivity contribution in [2.75, 3.05) is 6.61 Å². The Kier molecular flexibility index (Phi) is 6.64. The highest BCUT2D eigenvalue weighted by Gasteiger charge is 2.86. The van der Waals surface area contributed by atoms with Crippen LogP contribution < -0.4 is 0 Å². The van der Waals surface area contributed by atoms with Gasteiger partial charge in [-0.15, -0.1) is 0 Å². The molecule has 0 heterocycles. The van der Waals surface area contributed by atoms with Crippen LogP contribution in [0.4, 0.5) is 39.5 Å². The van der Waals surface area contributed by atoms with E-state index in [0.717, 1.165) is 0 Å². The average Bonchev–Trinajstić information content (AvgIpc) is 2.53. The molecular formula is C13H13F9O5S.